The molecule has 0 radical (unpaired) electrons. The molecule has 1 atom stereocenters. The van der Waals surface area contributed by atoms with Gasteiger partial charge in [0.1, 0.15) is 0 Å². The molecule has 0 aliphatic carbocycles. The summed E-state index contributed by atoms with van der Waals surface area (Å²) in [6.45, 7) is 3.72. The monoisotopic (exact) mass is 301 g/mol. The lowest BCUT2D eigenvalue weighted by molar-refractivity contribution is -0.113. The first-order valence-electron chi connectivity index (χ1n) is 6.82. The largest absolute Gasteiger partial charge is 0.389 e. The van der Waals surface area contributed by atoms with Gasteiger partial charge in [-0.1, -0.05) is 24.3 Å². The van der Waals surface area contributed by atoms with Gasteiger partial charge < -0.3 is 10.4 Å². The van der Waals surface area contributed by atoms with Gasteiger partial charge in [-0.2, -0.15) is 0 Å². The number of aliphatic hydroxyl groups excluding tert-OH is 1. The Bertz CT molecular complexity index is 626. The van der Waals surface area contributed by atoms with Crippen molar-refractivity contribution in [3.05, 3.63) is 59.7 Å². The third-order valence-electron chi connectivity index (χ3n) is 3.01. The molecule has 0 saturated carbocycles. The second-order valence-electron chi connectivity index (χ2n) is 4.95. The number of rotatable bonds is 5. The molecule has 0 aliphatic rings. The summed E-state index contributed by atoms with van der Waals surface area (Å²) < 4.78 is 0. The highest BCUT2D eigenvalue weighted by atomic mass is 32.2. The molecule has 2 rings (SSSR count). The molecule has 0 spiro atoms. The minimum absolute atomic E-state index is 0.0342. The predicted octanol–water partition coefficient (Wildman–Crippen LogP) is 3.78. The molecule has 0 aromatic heterocycles. The summed E-state index contributed by atoms with van der Waals surface area (Å²) >= 11 is 1.46. The van der Waals surface area contributed by atoms with Crippen LogP contribution in [-0.2, 0) is 4.79 Å². The van der Waals surface area contributed by atoms with Gasteiger partial charge in [-0.05, 0) is 49.2 Å². The fourth-order valence-electron chi connectivity index (χ4n) is 1.93. The summed E-state index contributed by atoms with van der Waals surface area (Å²) in [7, 11) is 0. The van der Waals surface area contributed by atoms with Crippen molar-refractivity contribution in [3.63, 3.8) is 0 Å². The Morgan fingerprint density at radius 2 is 2.00 bits per heavy atom. The Morgan fingerprint density at radius 1 is 1.24 bits per heavy atom. The normalized spacial score (nSPS) is 12.0. The van der Waals surface area contributed by atoms with Crippen LogP contribution in [0.2, 0.25) is 0 Å². The van der Waals surface area contributed by atoms with Crippen LogP contribution >= 0.6 is 11.8 Å². The number of aryl methyl sites for hydroxylation is 1. The smallest absolute Gasteiger partial charge is 0.234 e. The van der Waals surface area contributed by atoms with E-state index in [9.17, 15) is 9.90 Å². The Kier molecular flexibility index (Phi) is 5.42. The molecule has 21 heavy (non-hydrogen) atoms. The highest BCUT2D eigenvalue weighted by Crippen LogP contribution is 2.22. The van der Waals surface area contributed by atoms with E-state index in [1.54, 1.807) is 6.92 Å². The minimum Gasteiger partial charge on any atom is -0.389 e. The highest BCUT2D eigenvalue weighted by molar-refractivity contribution is 8.00. The van der Waals surface area contributed by atoms with Gasteiger partial charge in [-0.15, -0.1) is 11.8 Å². The Hall–Kier alpha value is -1.78. The van der Waals surface area contributed by atoms with Crippen LogP contribution in [0.3, 0.4) is 0 Å². The first kappa shape index (κ1) is 15.6. The summed E-state index contributed by atoms with van der Waals surface area (Å²) in [4.78, 5) is 12.9. The van der Waals surface area contributed by atoms with E-state index in [2.05, 4.69) is 5.32 Å². The first-order valence-corrected chi connectivity index (χ1v) is 7.80. The van der Waals surface area contributed by atoms with Crippen LogP contribution in [0.25, 0.3) is 0 Å². The number of hydrogen-bond acceptors (Lipinski definition) is 3. The van der Waals surface area contributed by atoms with Crippen molar-refractivity contribution in [3.8, 4) is 0 Å². The number of benzene rings is 2. The predicted molar refractivity (Wildman–Crippen MR) is 87.6 cm³/mol. The fourth-order valence-corrected chi connectivity index (χ4v) is 2.70. The lowest BCUT2D eigenvalue weighted by atomic mass is 10.1. The first-order chi connectivity index (χ1) is 10.0. The van der Waals surface area contributed by atoms with E-state index >= 15 is 0 Å². The van der Waals surface area contributed by atoms with Crippen molar-refractivity contribution in [1.82, 2.24) is 0 Å². The summed E-state index contributed by atoms with van der Waals surface area (Å²) in [5.74, 6) is 0.310. The molecule has 1 amide bonds. The van der Waals surface area contributed by atoms with Crippen LogP contribution in [0.5, 0.6) is 0 Å². The molecular weight excluding hydrogens is 282 g/mol. The topological polar surface area (TPSA) is 49.3 Å². The maximum Gasteiger partial charge on any atom is 0.234 e. The van der Waals surface area contributed by atoms with E-state index in [0.29, 0.717) is 5.75 Å². The van der Waals surface area contributed by atoms with Gasteiger partial charge >= 0.3 is 0 Å². The number of amides is 1. The lowest BCUT2D eigenvalue weighted by Gasteiger charge is -2.08. The molecule has 1 unspecified atom stereocenters. The van der Waals surface area contributed by atoms with Gasteiger partial charge in [0.15, 0.2) is 0 Å². The molecule has 2 N–H and O–H groups in total. The highest BCUT2D eigenvalue weighted by Gasteiger charge is 2.06. The Labute approximate surface area is 129 Å². The van der Waals surface area contributed by atoms with Gasteiger partial charge in [0.05, 0.1) is 11.9 Å². The quantitative estimate of drug-likeness (QED) is 0.826. The zero-order valence-electron chi connectivity index (χ0n) is 12.2. The molecule has 2 aromatic rings. The van der Waals surface area contributed by atoms with Crippen LogP contribution in [-0.4, -0.2) is 16.8 Å². The van der Waals surface area contributed by atoms with Gasteiger partial charge in [0.2, 0.25) is 5.91 Å². The number of carbonyl (C=O) groups is 1. The number of nitrogens with one attached hydrogen (secondary N) is 1. The number of anilines is 1. The molecule has 0 aliphatic heterocycles. The third-order valence-corrected chi connectivity index (χ3v) is 4.01. The van der Waals surface area contributed by atoms with Crippen molar-refractivity contribution >= 4 is 23.4 Å². The molecule has 3 nitrogen and oxygen atoms in total. The number of carbonyl (C=O) groups excluding carboxylic acids is 1. The SMILES string of the molecule is Cc1cccc(NC(=O)CSc2cccc(C(C)O)c2)c1. The van der Waals surface area contributed by atoms with E-state index in [0.717, 1.165) is 21.7 Å². The van der Waals surface area contributed by atoms with Gasteiger partial charge in [0.25, 0.3) is 0 Å². The number of hydrogen-bond donors (Lipinski definition) is 2. The lowest BCUT2D eigenvalue weighted by Crippen LogP contribution is -2.13. The standard InChI is InChI=1S/C17H19NO2S/c1-12-5-3-7-15(9-12)18-17(20)11-21-16-8-4-6-14(10-16)13(2)19/h3-10,13,19H,11H2,1-2H3,(H,18,20). The molecule has 0 fully saturated rings. The van der Waals surface area contributed by atoms with Crippen LogP contribution in [0.15, 0.2) is 53.4 Å². The second kappa shape index (κ2) is 7.29. The third kappa shape index (κ3) is 4.92. The summed E-state index contributed by atoms with van der Waals surface area (Å²) in [5, 5.41) is 12.4. The molecular formula is C17H19NO2S. The van der Waals surface area contributed by atoms with E-state index in [4.69, 9.17) is 0 Å². The molecule has 0 saturated heterocycles. The van der Waals surface area contributed by atoms with Crippen molar-refractivity contribution in [2.24, 2.45) is 0 Å². The van der Waals surface area contributed by atoms with Crippen molar-refractivity contribution in [2.45, 2.75) is 24.8 Å². The maximum atomic E-state index is 11.9. The Balaban J connectivity index is 1.90. The maximum absolute atomic E-state index is 11.9. The second-order valence-corrected chi connectivity index (χ2v) is 6.00. The summed E-state index contributed by atoms with van der Waals surface area (Å²) in [6, 6.07) is 15.4. The minimum atomic E-state index is -0.494. The average molecular weight is 301 g/mol. The van der Waals surface area contributed by atoms with Crippen LogP contribution in [0.1, 0.15) is 24.2 Å². The van der Waals surface area contributed by atoms with Gasteiger partial charge in [-0.3, -0.25) is 4.79 Å². The van der Waals surface area contributed by atoms with Crippen molar-refractivity contribution < 1.29 is 9.90 Å². The van der Waals surface area contributed by atoms with Crippen LogP contribution in [0, 0.1) is 6.92 Å². The number of thioether (sulfide) groups is 1. The molecule has 0 heterocycles. The zero-order valence-corrected chi connectivity index (χ0v) is 13.0. The zero-order chi connectivity index (χ0) is 15.2. The van der Waals surface area contributed by atoms with Gasteiger partial charge in [0, 0.05) is 10.6 Å². The summed E-state index contributed by atoms with van der Waals surface area (Å²) in [6.07, 6.45) is -0.494. The van der Waals surface area contributed by atoms with Crippen LogP contribution in [0.4, 0.5) is 5.69 Å². The summed E-state index contributed by atoms with van der Waals surface area (Å²) in [5.41, 5.74) is 2.79. The molecule has 2 aromatic carbocycles. The molecule has 4 heteroatoms. The molecule has 110 valence electrons. The number of aliphatic hydroxyl groups is 1. The molecule has 0 bridgehead atoms. The Morgan fingerprint density at radius 3 is 2.71 bits per heavy atom. The van der Waals surface area contributed by atoms with E-state index in [1.165, 1.54) is 11.8 Å². The van der Waals surface area contributed by atoms with Crippen LogP contribution < -0.4 is 5.32 Å². The van der Waals surface area contributed by atoms with E-state index < -0.39 is 6.10 Å². The van der Waals surface area contributed by atoms with Crippen molar-refractivity contribution in [2.75, 3.05) is 11.1 Å². The van der Waals surface area contributed by atoms with E-state index in [1.807, 2.05) is 55.5 Å². The van der Waals surface area contributed by atoms with E-state index in [-0.39, 0.29) is 5.91 Å². The van der Waals surface area contributed by atoms with Gasteiger partial charge in [-0.25, -0.2) is 0 Å². The fraction of sp³-hybridized carbons (Fsp3) is 0.235. The van der Waals surface area contributed by atoms with Crippen molar-refractivity contribution in [1.29, 1.82) is 0 Å². The average Bonchev–Trinajstić information content (AvgIpc) is 2.45.